The van der Waals surface area contributed by atoms with E-state index in [-0.39, 0.29) is 12.1 Å². The van der Waals surface area contributed by atoms with Crippen molar-refractivity contribution in [3.05, 3.63) is 30.9 Å². The Morgan fingerprint density at radius 3 is 2.78 bits per heavy atom. The molecule has 0 radical (unpaired) electrons. The van der Waals surface area contributed by atoms with Crippen LogP contribution in [0.3, 0.4) is 0 Å². The topological polar surface area (TPSA) is 88.9 Å². The number of H-pyrrole nitrogens is 1. The number of hydrogen-bond acceptors (Lipinski definition) is 5. The van der Waals surface area contributed by atoms with Crippen molar-refractivity contribution < 1.29 is 9.53 Å². The van der Waals surface area contributed by atoms with Crippen molar-refractivity contribution in [2.24, 2.45) is 0 Å². The van der Waals surface area contributed by atoms with Gasteiger partial charge in [-0.2, -0.15) is 5.10 Å². The summed E-state index contributed by atoms with van der Waals surface area (Å²) in [6.45, 7) is 7.00. The molecule has 4 rings (SSSR count). The normalized spacial score (nSPS) is 16.0. The lowest BCUT2D eigenvalue weighted by atomic mass is 10.1. The third-order valence-corrected chi connectivity index (χ3v) is 4.65. The Bertz CT molecular complexity index is 946. The fourth-order valence-corrected chi connectivity index (χ4v) is 3.28. The predicted molar refractivity (Wildman–Crippen MR) is 101 cm³/mol. The number of hydrogen-bond donors (Lipinski definition) is 1. The van der Waals surface area contributed by atoms with Crippen LogP contribution < -0.4 is 0 Å². The molecule has 1 fully saturated rings. The van der Waals surface area contributed by atoms with Crippen molar-refractivity contribution in [1.29, 1.82) is 0 Å². The minimum Gasteiger partial charge on any atom is -0.444 e. The van der Waals surface area contributed by atoms with Crippen molar-refractivity contribution in [2.45, 2.75) is 45.3 Å². The zero-order valence-electron chi connectivity index (χ0n) is 15.8. The molecule has 4 heterocycles. The van der Waals surface area contributed by atoms with E-state index in [9.17, 15) is 4.79 Å². The molecular formula is C19H24N6O2. The molecule has 3 aromatic heterocycles. The number of fused-ring (bicyclic) bond motifs is 1. The van der Waals surface area contributed by atoms with Crippen LogP contribution >= 0.6 is 0 Å². The van der Waals surface area contributed by atoms with Gasteiger partial charge in [0.1, 0.15) is 11.1 Å². The molecule has 27 heavy (non-hydrogen) atoms. The van der Waals surface area contributed by atoms with Gasteiger partial charge in [-0.1, -0.05) is 0 Å². The first-order valence-corrected chi connectivity index (χ1v) is 9.22. The first kappa shape index (κ1) is 17.5. The average molecular weight is 368 g/mol. The number of carbonyl (C=O) groups excluding carboxylic acids is 1. The van der Waals surface area contributed by atoms with Gasteiger partial charge in [-0.3, -0.25) is 4.68 Å². The Balaban J connectivity index is 1.41. The molecule has 1 aliphatic rings. The predicted octanol–water partition coefficient (Wildman–Crippen LogP) is 3.39. The highest BCUT2D eigenvalue weighted by Crippen LogP contribution is 2.26. The van der Waals surface area contributed by atoms with Crippen LogP contribution in [0.15, 0.2) is 30.9 Å². The molecule has 1 N–H and O–H groups in total. The molecule has 0 bridgehead atoms. The van der Waals surface area contributed by atoms with Crippen LogP contribution in [0.25, 0.3) is 22.4 Å². The number of nitrogens with zero attached hydrogens (tertiary/aromatic N) is 5. The van der Waals surface area contributed by atoms with E-state index >= 15 is 0 Å². The number of aromatic nitrogens is 5. The second-order valence-corrected chi connectivity index (χ2v) is 7.87. The van der Waals surface area contributed by atoms with Crippen molar-refractivity contribution >= 4 is 17.3 Å². The van der Waals surface area contributed by atoms with Crippen molar-refractivity contribution in [3.63, 3.8) is 0 Å². The highest BCUT2D eigenvalue weighted by molar-refractivity contribution is 5.73. The van der Waals surface area contributed by atoms with Crippen LogP contribution in [0.2, 0.25) is 0 Å². The molecule has 142 valence electrons. The lowest BCUT2D eigenvalue weighted by Gasteiger charge is -2.33. The van der Waals surface area contributed by atoms with Crippen LogP contribution in [0.1, 0.15) is 39.7 Å². The van der Waals surface area contributed by atoms with Gasteiger partial charge in [0.05, 0.1) is 24.1 Å². The molecule has 1 aliphatic heterocycles. The number of aromatic amines is 1. The summed E-state index contributed by atoms with van der Waals surface area (Å²) in [5.74, 6) is 0. The molecule has 0 unspecified atom stereocenters. The summed E-state index contributed by atoms with van der Waals surface area (Å²) in [6.07, 6.45) is 8.88. The highest BCUT2D eigenvalue weighted by atomic mass is 16.6. The average Bonchev–Trinajstić information content (AvgIpc) is 3.29. The first-order valence-electron chi connectivity index (χ1n) is 9.22. The third kappa shape index (κ3) is 3.79. The minimum atomic E-state index is -0.466. The number of rotatable bonds is 2. The molecule has 1 amide bonds. The van der Waals surface area contributed by atoms with E-state index in [2.05, 4.69) is 20.1 Å². The second-order valence-electron chi connectivity index (χ2n) is 7.87. The number of likely N-dealkylation sites (tertiary alicyclic amines) is 1. The van der Waals surface area contributed by atoms with Crippen LogP contribution in [0, 0.1) is 0 Å². The number of carbonyl (C=O) groups is 1. The molecule has 8 nitrogen and oxygen atoms in total. The Hall–Kier alpha value is -2.90. The fourth-order valence-electron chi connectivity index (χ4n) is 3.28. The van der Waals surface area contributed by atoms with E-state index in [0.29, 0.717) is 13.1 Å². The largest absolute Gasteiger partial charge is 0.444 e. The number of ether oxygens (including phenoxy) is 1. The highest BCUT2D eigenvalue weighted by Gasteiger charge is 2.28. The number of nitrogens with one attached hydrogen (secondary N) is 1. The molecule has 0 aliphatic carbocycles. The van der Waals surface area contributed by atoms with Gasteiger partial charge in [-0.25, -0.2) is 14.8 Å². The SMILES string of the molecule is CC(C)(C)OC(=O)N1CCC(n2cc(-c3cnc4[nH]ccc4n3)cn2)CC1. The van der Waals surface area contributed by atoms with Crippen LogP contribution in [-0.2, 0) is 4.74 Å². The van der Waals surface area contributed by atoms with Crippen LogP contribution in [-0.4, -0.2) is 54.4 Å². The summed E-state index contributed by atoms with van der Waals surface area (Å²) in [6, 6.07) is 2.17. The molecule has 0 spiro atoms. The summed E-state index contributed by atoms with van der Waals surface area (Å²) in [4.78, 5) is 26.0. The maximum atomic E-state index is 12.2. The zero-order valence-corrected chi connectivity index (χ0v) is 15.8. The van der Waals surface area contributed by atoms with Crippen LogP contribution in [0.5, 0.6) is 0 Å². The zero-order chi connectivity index (χ0) is 19.0. The Kier molecular flexibility index (Phi) is 4.33. The second kappa shape index (κ2) is 6.68. The van der Waals surface area contributed by atoms with Crippen molar-refractivity contribution in [2.75, 3.05) is 13.1 Å². The van der Waals surface area contributed by atoms with Gasteiger partial charge in [0.15, 0.2) is 5.65 Å². The maximum Gasteiger partial charge on any atom is 0.410 e. The standard InChI is InChI=1S/C19H24N6O2/c1-19(2,3)27-18(26)24-8-5-14(6-9-24)25-12-13(10-22-25)16-11-21-17-15(23-16)4-7-20-17/h4,7,10-12,14H,5-6,8-9H2,1-3H3,(H,20,21). The fraction of sp³-hybridized carbons (Fsp3) is 0.474. The van der Waals surface area contributed by atoms with Gasteiger partial charge in [0, 0.05) is 31.0 Å². The Labute approximate surface area is 157 Å². The third-order valence-electron chi connectivity index (χ3n) is 4.65. The van der Waals surface area contributed by atoms with Gasteiger partial charge in [0.25, 0.3) is 0 Å². The summed E-state index contributed by atoms with van der Waals surface area (Å²) in [7, 11) is 0. The molecule has 0 atom stereocenters. The Morgan fingerprint density at radius 1 is 1.26 bits per heavy atom. The lowest BCUT2D eigenvalue weighted by Crippen LogP contribution is -2.42. The van der Waals surface area contributed by atoms with Gasteiger partial charge in [0.2, 0.25) is 0 Å². The first-order chi connectivity index (χ1) is 12.9. The molecule has 0 aromatic carbocycles. The monoisotopic (exact) mass is 368 g/mol. The van der Waals surface area contributed by atoms with Crippen molar-refractivity contribution in [3.8, 4) is 11.3 Å². The maximum absolute atomic E-state index is 12.2. The van der Waals surface area contributed by atoms with E-state index in [1.165, 1.54) is 0 Å². The quantitative estimate of drug-likeness (QED) is 0.749. The van der Waals surface area contributed by atoms with Gasteiger partial charge >= 0.3 is 6.09 Å². The lowest BCUT2D eigenvalue weighted by molar-refractivity contribution is 0.0185. The summed E-state index contributed by atoms with van der Waals surface area (Å²) < 4.78 is 7.43. The summed E-state index contributed by atoms with van der Waals surface area (Å²) in [5, 5.41) is 4.52. The van der Waals surface area contributed by atoms with Gasteiger partial charge in [-0.05, 0) is 39.7 Å². The van der Waals surface area contributed by atoms with Gasteiger partial charge < -0.3 is 14.6 Å². The Morgan fingerprint density at radius 2 is 2.04 bits per heavy atom. The number of amides is 1. The smallest absolute Gasteiger partial charge is 0.410 e. The molecular weight excluding hydrogens is 344 g/mol. The van der Waals surface area contributed by atoms with Crippen molar-refractivity contribution in [1.82, 2.24) is 29.6 Å². The van der Waals surface area contributed by atoms with E-state index in [0.717, 1.165) is 35.3 Å². The summed E-state index contributed by atoms with van der Waals surface area (Å²) >= 11 is 0. The molecule has 0 saturated carbocycles. The van der Waals surface area contributed by atoms with Gasteiger partial charge in [-0.15, -0.1) is 0 Å². The number of piperidine rings is 1. The van der Waals surface area contributed by atoms with E-state index in [4.69, 9.17) is 4.74 Å². The molecule has 1 saturated heterocycles. The van der Waals surface area contributed by atoms with Crippen LogP contribution in [0.4, 0.5) is 4.79 Å². The van der Waals surface area contributed by atoms with E-state index < -0.39 is 5.60 Å². The summed E-state index contributed by atoms with van der Waals surface area (Å²) in [5.41, 5.74) is 2.90. The minimum absolute atomic E-state index is 0.239. The van der Waals surface area contributed by atoms with E-state index in [1.807, 2.05) is 50.1 Å². The molecule has 3 aromatic rings. The van der Waals surface area contributed by atoms with E-state index in [1.54, 1.807) is 11.1 Å². The molecule has 8 heteroatoms.